The minimum absolute atomic E-state index is 0.388. The van der Waals surface area contributed by atoms with Crippen molar-refractivity contribution in [3.05, 3.63) is 53.3 Å². The van der Waals surface area contributed by atoms with Crippen LogP contribution in [0.15, 0.2) is 36.4 Å². The van der Waals surface area contributed by atoms with Crippen LogP contribution in [0, 0.1) is 0 Å². The SMILES string of the molecule is COC(=O)c1ccc(CNc2ccccc2C(C)O)[nH]1. The first-order valence-electron chi connectivity index (χ1n) is 6.39. The summed E-state index contributed by atoms with van der Waals surface area (Å²) in [6.07, 6.45) is -0.534. The number of H-pyrrole nitrogens is 1. The molecule has 3 N–H and O–H groups in total. The van der Waals surface area contributed by atoms with E-state index in [1.54, 1.807) is 13.0 Å². The Bertz CT molecular complexity index is 590. The van der Waals surface area contributed by atoms with Crippen LogP contribution in [0.2, 0.25) is 0 Å². The lowest BCUT2D eigenvalue weighted by atomic mass is 10.1. The fourth-order valence-corrected chi connectivity index (χ4v) is 1.99. The minimum Gasteiger partial charge on any atom is -0.464 e. The van der Waals surface area contributed by atoms with Crippen LogP contribution in [0.4, 0.5) is 5.69 Å². The lowest BCUT2D eigenvalue weighted by molar-refractivity contribution is 0.0594. The van der Waals surface area contributed by atoms with Gasteiger partial charge in [0, 0.05) is 16.9 Å². The molecule has 0 saturated heterocycles. The second kappa shape index (κ2) is 6.25. The summed E-state index contributed by atoms with van der Waals surface area (Å²) in [5.74, 6) is -0.388. The molecule has 0 aliphatic heterocycles. The van der Waals surface area contributed by atoms with Gasteiger partial charge in [-0.15, -0.1) is 0 Å². The van der Waals surface area contributed by atoms with Crippen molar-refractivity contribution in [1.82, 2.24) is 4.98 Å². The van der Waals surface area contributed by atoms with Gasteiger partial charge in [-0.05, 0) is 25.1 Å². The number of anilines is 1. The van der Waals surface area contributed by atoms with Crippen LogP contribution in [-0.2, 0) is 11.3 Å². The van der Waals surface area contributed by atoms with E-state index in [1.165, 1.54) is 7.11 Å². The predicted octanol–water partition coefficient (Wildman–Crippen LogP) is 2.47. The summed E-state index contributed by atoms with van der Waals surface area (Å²) >= 11 is 0. The molecule has 1 heterocycles. The zero-order valence-corrected chi connectivity index (χ0v) is 11.5. The van der Waals surface area contributed by atoms with Gasteiger partial charge >= 0.3 is 5.97 Å². The van der Waals surface area contributed by atoms with Gasteiger partial charge in [0.15, 0.2) is 0 Å². The number of aliphatic hydroxyl groups excluding tert-OH is 1. The molecule has 5 heteroatoms. The number of rotatable bonds is 5. The fraction of sp³-hybridized carbons (Fsp3) is 0.267. The van der Waals surface area contributed by atoms with E-state index in [4.69, 9.17) is 0 Å². The van der Waals surface area contributed by atoms with Gasteiger partial charge in [0.2, 0.25) is 0 Å². The monoisotopic (exact) mass is 274 g/mol. The normalized spacial score (nSPS) is 11.9. The van der Waals surface area contributed by atoms with Crippen molar-refractivity contribution in [3.8, 4) is 0 Å². The topological polar surface area (TPSA) is 74.3 Å². The molecule has 0 spiro atoms. The Morgan fingerprint density at radius 1 is 1.35 bits per heavy atom. The molecule has 20 heavy (non-hydrogen) atoms. The number of hydrogen-bond acceptors (Lipinski definition) is 4. The summed E-state index contributed by atoms with van der Waals surface area (Å²) in [5, 5.41) is 12.9. The molecule has 2 rings (SSSR count). The van der Waals surface area contributed by atoms with Crippen LogP contribution >= 0.6 is 0 Å². The van der Waals surface area contributed by atoms with Gasteiger partial charge in [0.1, 0.15) is 5.69 Å². The molecule has 1 unspecified atom stereocenters. The van der Waals surface area contributed by atoms with Crippen molar-refractivity contribution in [1.29, 1.82) is 0 Å². The van der Waals surface area contributed by atoms with Gasteiger partial charge in [0.05, 0.1) is 19.8 Å². The maximum atomic E-state index is 11.3. The maximum Gasteiger partial charge on any atom is 0.354 e. The fourth-order valence-electron chi connectivity index (χ4n) is 1.99. The van der Waals surface area contributed by atoms with E-state index < -0.39 is 6.10 Å². The summed E-state index contributed by atoms with van der Waals surface area (Å²) in [4.78, 5) is 14.3. The van der Waals surface area contributed by atoms with Gasteiger partial charge < -0.3 is 20.1 Å². The molecule has 1 aromatic heterocycles. The van der Waals surface area contributed by atoms with Crippen molar-refractivity contribution in [3.63, 3.8) is 0 Å². The Balaban J connectivity index is 2.06. The Labute approximate surface area is 117 Å². The number of carbonyl (C=O) groups excluding carboxylic acids is 1. The van der Waals surface area contributed by atoms with Gasteiger partial charge in [-0.3, -0.25) is 0 Å². The quantitative estimate of drug-likeness (QED) is 0.732. The highest BCUT2D eigenvalue weighted by atomic mass is 16.5. The van der Waals surface area contributed by atoms with Crippen molar-refractivity contribution in [2.24, 2.45) is 0 Å². The van der Waals surface area contributed by atoms with Crippen LogP contribution in [0.3, 0.4) is 0 Å². The molecular formula is C15H18N2O3. The summed E-state index contributed by atoms with van der Waals surface area (Å²) in [6.45, 7) is 2.26. The lowest BCUT2D eigenvalue weighted by Crippen LogP contribution is -2.06. The minimum atomic E-state index is -0.534. The van der Waals surface area contributed by atoms with E-state index in [0.29, 0.717) is 12.2 Å². The number of benzene rings is 1. The standard InChI is InChI=1S/C15H18N2O3/c1-10(18)12-5-3-4-6-13(12)16-9-11-7-8-14(17-11)15(19)20-2/h3-8,10,16-18H,9H2,1-2H3. The molecular weight excluding hydrogens is 256 g/mol. The molecule has 106 valence electrons. The number of methoxy groups -OCH3 is 1. The van der Waals surface area contributed by atoms with Crippen LogP contribution in [-0.4, -0.2) is 23.2 Å². The number of aromatic nitrogens is 1. The maximum absolute atomic E-state index is 11.3. The number of para-hydroxylation sites is 1. The average Bonchev–Trinajstić information content (AvgIpc) is 2.93. The van der Waals surface area contributed by atoms with E-state index >= 15 is 0 Å². The lowest BCUT2D eigenvalue weighted by Gasteiger charge is -2.13. The van der Waals surface area contributed by atoms with Crippen molar-refractivity contribution < 1.29 is 14.6 Å². The molecule has 0 bridgehead atoms. The number of ether oxygens (including phenoxy) is 1. The zero-order chi connectivity index (χ0) is 14.5. The largest absolute Gasteiger partial charge is 0.464 e. The van der Waals surface area contributed by atoms with Gasteiger partial charge in [-0.1, -0.05) is 18.2 Å². The van der Waals surface area contributed by atoms with E-state index in [1.807, 2.05) is 30.3 Å². The second-order valence-electron chi connectivity index (χ2n) is 4.51. The van der Waals surface area contributed by atoms with Crippen LogP contribution in [0.1, 0.15) is 34.8 Å². The number of aliphatic hydroxyl groups is 1. The Kier molecular flexibility index (Phi) is 4.42. The Hall–Kier alpha value is -2.27. The van der Waals surface area contributed by atoms with Crippen LogP contribution in [0.5, 0.6) is 0 Å². The third kappa shape index (κ3) is 3.19. The van der Waals surface area contributed by atoms with Crippen molar-refractivity contribution in [2.45, 2.75) is 19.6 Å². The van der Waals surface area contributed by atoms with Gasteiger partial charge in [-0.2, -0.15) is 0 Å². The summed E-state index contributed by atoms with van der Waals surface area (Å²) in [7, 11) is 1.35. The summed E-state index contributed by atoms with van der Waals surface area (Å²) in [5.41, 5.74) is 3.00. The molecule has 2 aromatic rings. The molecule has 0 amide bonds. The number of aromatic amines is 1. The van der Waals surface area contributed by atoms with Crippen LogP contribution in [0.25, 0.3) is 0 Å². The van der Waals surface area contributed by atoms with Gasteiger partial charge in [-0.25, -0.2) is 4.79 Å². The number of carbonyl (C=O) groups is 1. The van der Waals surface area contributed by atoms with Gasteiger partial charge in [0.25, 0.3) is 0 Å². The number of nitrogens with one attached hydrogen (secondary N) is 2. The molecule has 1 aromatic carbocycles. The Morgan fingerprint density at radius 2 is 2.10 bits per heavy atom. The third-order valence-electron chi connectivity index (χ3n) is 3.03. The molecule has 0 saturated carbocycles. The molecule has 5 nitrogen and oxygen atoms in total. The first kappa shape index (κ1) is 14.1. The molecule has 0 aliphatic rings. The predicted molar refractivity (Wildman–Crippen MR) is 76.5 cm³/mol. The average molecular weight is 274 g/mol. The van der Waals surface area contributed by atoms with Crippen molar-refractivity contribution in [2.75, 3.05) is 12.4 Å². The van der Waals surface area contributed by atoms with E-state index in [9.17, 15) is 9.90 Å². The highest BCUT2D eigenvalue weighted by Crippen LogP contribution is 2.22. The van der Waals surface area contributed by atoms with E-state index in [0.717, 1.165) is 16.9 Å². The molecule has 0 radical (unpaired) electrons. The zero-order valence-electron chi connectivity index (χ0n) is 11.5. The van der Waals surface area contributed by atoms with Crippen molar-refractivity contribution >= 4 is 11.7 Å². The third-order valence-corrected chi connectivity index (χ3v) is 3.03. The molecule has 1 atom stereocenters. The van der Waals surface area contributed by atoms with Crippen LogP contribution < -0.4 is 5.32 Å². The summed E-state index contributed by atoms with van der Waals surface area (Å²) < 4.78 is 4.64. The number of hydrogen-bond donors (Lipinski definition) is 3. The first-order valence-corrected chi connectivity index (χ1v) is 6.39. The number of esters is 1. The molecule has 0 aliphatic carbocycles. The van der Waals surface area contributed by atoms with E-state index in [-0.39, 0.29) is 5.97 Å². The highest BCUT2D eigenvalue weighted by molar-refractivity contribution is 5.87. The molecule has 0 fully saturated rings. The highest BCUT2D eigenvalue weighted by Gasteiger charge is 2.09. The smallest absolute Gasteiger partial charge is 0.354 e. The Morgan fingerprint density at radius 3 is 2.80 bits per heavy atom. The van der Waals surface area contributed by atoms with E-state index in [2.05, 4.69) is 15.0 Å². The first-order chi connectivity index (χ1) is 9.61. The summed E-state index contributed by atoms with van der Waals surface area (Å²) in [6, 6.07) is 11.1. The second-order valence-corrected chi connectivity index (χ2v) is 4.51.